The van der Waals surface area contributed by atoms with E-state index in [4.69, 9.17) is 15.0 Å². The minimum absolute atomic E-state index is 0.336. The summed E-state index contributed by atoms with van der Waals surface area (Å²) in [6.45, 7) is 2.27. The van der Waals surface area contributed by atoms with Crippen molar-refractivity contribution < 1.29 is 9.26 Å². The third kappa shape index (κ3) is 2.48. The predicted molar refractivity (Wildman–Crippen MR) is 61.1 cm³/mol. The van der Waals surface area contributed by atoms with Gasteiger partial charge < -0.3 is 15.0 Å². The maximum Gasteiger partial charge on any atom is 0.246 e. The molecule has 0 aromatic carbocycles. The highest BCUT2D eigenvalue weighted by molar-refractivity contribution is 5.53. The monoisotopic (exact) mass is 234 g/mol. The molecular formula is C11H14N4O2. The van der Waals surface area contributed by atoms with Crippen LogP contribution in [0.15, 0.2) is 22.9 Å². The maximum absolute atomic E-state index is 5.79. The molecule has 1 atom stereocenters. The lowest BCUT2D eigenvalue weighted by molar-refractivity contribution is 0.166. The number of nitrogens with two attached hydrogens (primary N) is 1. The Morgan fingerprint density at radius 2 is 2.35 bits per heavy atom. The average Bonchev–Trinajstić information content (AvgIpc) is 2.79. The van der Waals surface area contributed by atoms with E-state index in [-0.39, 0.29) is 0 Å². The zero-order chi connectivity index (χ0) is 12.3. The molecule has 2 N–H and O–H groups in total. The molecule has 0 amide bonds. The van der Waals surface area contributed by atoms with E-state index in [9.17, 15) is 0 Å². The molecule has 0 saturated carbocycles. The van der Waals surface area contributed by atoms with Crippen molar-refractivity contribution in [2.75, 3.05) is 13.7 Å². The molecule has 2 aromatic heterocycles. The molecule has 2 rings (SSSR count). The zero-order valence-corrected chi connectivity index (χ0v) is 9.75. The first-order valence-corrected chi connectivity index (χ1v) is 5.22. The predicted octanol–water partition coefficient (Wildman–Crippen LogP) is 1.09. The van der Waals surface area contributed by atoms with E-state index in [0.717, 1.165) is 5.56 Å². The number of pyridine rings is 1. The molecule has 0 aliphatic rings. The second-order valence-electron chi connectivity index (χ2n) is 3.69. The quantitative estimate of drug-likeness (QED) is 0.851. The number of rotatable bonds is 4. The third-order valence-electron chi connectivity index (χ3n) is 2.33. The molecule has 1 unspecified atom stereocenters. The first-order valence-electron chi connectivity index (χ1n) is 5.22. The third-order valence-corrected chi connectivity index (χ3v) is 2.33. The van der Waals surface area contributed by atoms with Crippen LogP contribution < -0.4 is 5.73 Å². The Labute approximate surface area is 98.8 Å². The largest absolute Gasteiger partial charge is 0.383 e. The highest BCUT2D eigenvalue weighted by Crippen LogP contribution is 2.18. The van der Waals surface area contributed by atoms with Crippen LogP contribution in [0, 0.1) is 6.92 Å². The van der Waals surface area contributed by atoms with Gasteiger partial charge in [-0.25, -0.2) is 0 Å². The first-order chi connectivity index (χ1) is 8.22. The van der Waals surface area contributed by atoms with Gasteiger partial charge in [-0.1, -0.05) is 11.2 Å². The molecule has 17 heavy (non-hydrogen) atoms. The molecular weight excluding hydrogens is 220 g/mol. The summed E-state index contributed by atoms with van der Waals surface area (Å²) in [7, 11) is 1.57. The second-order valence-corrected chi connectivity index (χ2v) is 3.69. The molecule has 2 heterocycles. The highest BCUT2D eigenvalue weighted by atomic mass is 16.5. The van der Waals surface area contributed by atoms with Gasteiger partial charge in [0.15, 0.2) is 0 Å². The summed E-state index contributed by atoms with van der Waals surface area (Å²) in [5.41, 5.74) is 7.48. The van der Waals surface area contributed by atoms with Crippen LogP contribution in [0.2, 0.25) is 0 Å². The molecule has 0 fully saturated rings. The fraction of sp³-hybridized carbons (Fsp3) is 0.364. The summed E-state index contributed by atoms with van der Waals surface area (Å²) in [6, 6.07) is 3.38. The summed E-state index contributed by atoms with van der Waals surface area (Å²) >= 11 is 0. The van der Waals surface area contributed by atoms with Crippen molar-refractivity contribution in [2.24, 2.45) is 5.73 Å². The topological polar surface area (TPSA) is 87.1 Å². The summed E-state index contributed by atoms with van der Waals surface area (Å²) in [5, 5.41) is 3.87. The van der Waals surface area contributed by atoms with Crippen molar-refractivity contribution >= 4 is 0 Å². The number of aryl methyl sites for hydroxylation is 1. The van der Waals surface area contributed by atoms with E-state index in [0.29, 0.717) is 24.0 Å². The number of methoxy groups -OCH3 is 1. The van der Waals surface area contributed by atoms with Gasteiger partial charge in [0.05, 0.1) is 6.61 Å². The zero-order valence-electron chi connectivity index (χ0n) is 9.75. The minimum atomic E-state index is -0.412. The molecule has 6 nitrogen and oxygen atoms in total. The van der Waals surface area contributed by atoms with E-state index >= 15 is 0 Å². The number of aromatic nitrogens is 3. The van der Waals surface area contributed by atoms with E-state index in [1.165, 1.54) is 0 Å². The molecule has 0 aliphatic carbocycles. The van der Waals surface area contributed by atoms with Crippen molar-refractivity contribution in [1.82, 2.24) is 15.1 Å². The lowest BCUT2D eigenvalue weighted by Gasteiger charge is -2.02. The Morgan fingerprint density at radius 3 is 3.06 bits per heavy atom. The minimum Gasteiger partial charge on any atom is -0.383 e. The standard InChI is InChI=1S/C11H14N4O2/c1-7-4-3-5-13-9(7)10-14-11(17-15-10)8(12)6-16-2/h3-5,8H,6,12H2,1-2H3. The average molecular weight is 234 g/mol. The number of hydrogen-bond acceptors (Lipinski definition) is 6. The summed E-state index contributed by atoms with van der Waals surface area (Å²) in [5.74, 6) is 0.802. The van der Waals surface area contributed by atoms with Crippen LogP contribution in [-0.4, -0.2) is 28.8 Å². The molecule has 0 bridgehead atoms. The van der Waals surface area contributed by atoms with Crippen LogP contribution in [0.1, 0.15) is 17.5 Å². The Balaban J connectivity index is 2.27. The summed E-state index contributed by atoms with van der Waals surface area (Å²) < 4.78 is 10.0. The highest BCUT2D eigenvalue weighted by Gasteiger charge is 2.16. The Kier molecular flexibility index (Phi) is 3.46. The van der Waals surface area contributed by atoms with Crippen molar-refractivity contribution in [2.45, 2.75) is 13.0 Å². The van der Waals surface area contributed by atoms with Gasteiger partial charge >= 0.3 is 0 Å². The van der Waals surface area contributed by atoms with E-state index < -0.39 is 6.04 Å². The number of hydrogen-bond donors (Lipinski definition) is 1. The lowest BCUT2D eigenvalue weighted by Crippen LogP contribution is -2.16. The number of nitrogens with zero attached hydrogens (tertiary/aromatic N) is 3. The van der Waals surface area contributed by atoms with Gasteiger partial charge in [-0.2, -0.15) is 4.98 Å². The van der Waals surface area contributed by atoms with Gasteiger partial charge in [-0.05, 0) is 18.6 Å². The second kappa shape index (κ2) is 5.03. The smallest absolute Gasteiger partial charge is 0.246 e. The molecule has 6 heteroatoms. The van der Waals surface area contributed by atoms with Gasteiger partial charge in [-0.3, -0.25) is 4.98 Å². The van der Waals surface area contributed by atoms with E-state index in [1.807, 2.05) is 19.1 Å². The van der Waals surface area contributed by atoms with Gasteiger partial charge in [0.1, 0.15) is 11.7 Å². The maximum atomic E-state index is 5.79. The van der Waals surface area contributed by atoms with Crippen molar-refractivity contribution in [3.63, 3.8) is 0 Å². The van der Waals surface area contributed by atoms with Gasteiger partial charge in [-0.15, -0.1) is 0 Å². The van der Waals surface area contributed by atoms with E-state index in [1.54, 1.807) is 13.3 Å². The fourth-order valence-electron chi connectivity index (χ4n) is 1.45. The van der Waals surface area contributed by atoms with Crippen LogP contribution in [0.3, 0.4) is 0 Å². The van der Waals surface area contributed by atoms with Crippen LogP contribution in [-0.2, 0) is 4.74 Å². The molecule has 2 aromatic rings. The van der Waals surface area contributed by atoms with Crippen LogP contribution in [0.4, 0.5) is 0 Å². The number of ether oxygens (including phenoxy) is 1. The molecule has 0 radical (unpaired) electrons. The Hall–Kier alpha value is -1.79. The van der Waals surface area contributed by atoms with Crippen LogP contribution >= 0.6 is 0 Å². The van der Waals surface area contributed by atoms with Crippen molar-refractivity contribution in [3.05, 3.63) is 29.8 Å². The normalized spacial score (nSPS) is 12.6. The van der Waals surface area contributed by atoms with Crippen molar-refractivity contribution in [3.8, 4) is 11.5 Å². The van der Waals surface area contributed by atoms with Gasteiger partial charge in [0, 0.05) is 13.3 Å². The van der Waals surface area contributed by atoms with Gasteiger partial charge in [0.2, 0.25) is 11.7 Å². The summed E-state index contributed by atoms with van der Waals surface area (Å²) in [6.07, 6.45) is 1.69. The van der Waals surface area contributed by atoms with Gasteiger partial charge in [0.25, 0.3) is 0 Å². The first kappa shape index (κ1) is 11.7. The van der Waals surface area contributed by atoms with E-state index in [2.05, 4.69) is 15.1 Å². The Morgan fingerprint density at radius 1 is 1.53 bits per heavy atom. The molecule has 90 valence electrons. The fourth-order valence-corrected chi connectivity index (χ4v) is 1.45. The molecule has 0 saturated heterocycles. The lowest BCUT2D eigenvalue weighted by atomic mass is 10.2. The van der Waals surface area contributed by atoms with Crippen LogP contribution in [0.25, 0.3) is 11.5 Å². The SMILES string of the molecule is COCC(N)c1nc(-c2ncccc2C)no1. The molecule has 0 spiro atoms. The van der Waals surface area contributed by atoms with Crippen molar-refractivity contribution in [1.29, 1.82) is 0 Å². The molecule has 0 aliphatic heterocycles. The summed E-state index contributed by atoms with van der Waals surface area (Å²) in [4.78, 5) is 8.42. The Bertz CT molecular complexity index is 498. The van der Waals surface area contributed by atoms with Crippen LogP contribution in [0.5, 0.6) is 0 Å².